The standard InChI is InChI=1S/C19H12N2OS/c1-2-11-22-16-9-7-14(8-10-16)12-15(13-20)19-21-17-5-3-4-6-18(17)23-19/h1,3-10,12H,11H2. The predicted octanol–water partition coefficient (Wildman–Crippen LogP) is 4.37. The summed E-state index contributed by atoms with van der Waals surface area (Å²) in [6.07, 6.45) is 6.98. The quantitative estimate of drug-likeness (QED) is 0.530. The van der Waals surface area contributed by atoms with E-state index < -0.39 is 0 Å². The molecule has 0 fully saturated rings. The SMILES string of the molecule is C#CCOc1ccc(C=C(C#N)c2nc3ccccc3s2)cc1. The van der Waals surface area contributed by atoms with Gasteiger partial charge in [-0.05, 0) is 35.9 Å². The zero-order valence-electron chi connectivity index (χ0n) is 12.2. The minimum Gasteiger partial charge on any atom is -0.481 e. The van der Waals surface area contributed by atoms with Crippen LogP contribution in [-0.4, -0.2) is 11.6 Å². The van der Waals surface area contributed by atoms with E-state index in [2.05, 4.69) is 17.0 Å². The fourth-order valence-corrected chi connectivity index (χ4v) is 3.01. The molecule has 0 unspecified atom stereocenters. The summed E-state index contributed by atoms with van der Waals surface area (Å²) in [5.41, 5.74) is 2.36. The molecule has 0 bridgehead atoms. The first-order valence-corrected chi connectivity index (χ1v) is 7.76. The van der Waals surface area contributed by atoms with Crippen molar-refractivity contribution in [3.63, 3.8) is 0 Å². The van der Waals surface area contributed by atoms with Crippen LogP contribution in [0.5, 0.6) is 5.75 Å². The van der Waals surface area contributed by atoms with Crippen LogP contribution >= 0.6 is 11.3 Å². The number of thiazole rings is 1. The first-order chi connectivity index (χ1) is 11.3. The van der Waals surface area contributed by atoms with Crippen LogP contribution in [0.15, 0.2) is 48.5 Å². The number of hydrogen-bond donors (Lipinski definition) is 0. The molecule has 0 saturated heterocycles. The summed E-state index contributed by atoms with van der Waals surface area (Å²) in [6.45, 7) is 0.240. The number of terminal acetylenes is 1. The van der Waals surface area contributed by atoms with E-state index in [9.17, 15) is 5.26 Å². The van der Waals surface area contributed by atoms with Crippen molar-refractivity contribution >= 4 is 33.2 Å². The highest BCUT2D eigenvalue weighted by Gasteiger charge is 2.08. The topological polar surface area (TPSA) is 45.9 Å². The molecule has 4 heteroatoms. The van der Waals surface area contributed by atoms with Gasteiger partial charge in [0.05, 0.1) is 15.8 Å². The molecule has 0 aliphatic carbocycles. The normalized spacial score (nSPS) is 11.0. The largest absolute Gasteiger partial charge is 0.481 e. The first-order valence-electron chi connectivity index (χ1n) is 6.94. The molecule has 0 N–H and O–H groups in total. The maximum atomic E-state index is 9.44. The van der Waals surface area contributed by atoms with Gasteiger partial charge in [0.2, 0.25) is 0 Å². The van der Waals surface area contributed by atoms with Gasteiger partial charge in [0.25, 0.3) is 0 Å². The molecule has 1 heterocycles. The number of nitriles is 1. The molecule has 1 aromatic heterocycles. The average molecular weight is 316 g/mol. The Morgan fingerprint density at radius 2 is 2.00 bits per heavy atom. The van der Waals surface area contributed by atoms with Gasteiger partial charge < -0.3 is 4.74 Å². The van der Waals surface area contributed by atoms with E-state index in [-0.39, 0.29) is 6.61 Å². The van der Waals surface area contributed by atoms with Crippen molar-refractivity contribution < 1.29 is 4.74 Å². The molecule has 0 saturated carbocycles. The van der Waals surface area contributed by atoms with Crippen molar-refractivity contribution in [3.8, 4) is 24.2 Å². The second-order valence-electron chi connectivity index (χ2n) is 4.72. The van der Waals surface area contributed by atoms with Crippen molar-refractivity contribution in [2.45, 2.75) is 0 Å². The molecular weight excluding hydrogens is 304 g/mol. The summed E-state index contributed by atoms with van der Waals surface area (Å²) < 4.78 is 6.40. The Hall–Kier alpha value is -3.08. The van der Waals surface area contributed by atoms with Crippen molar-refractivity contribution in [2.75, 3.05) is 6.61 Å². The molecule has 23 heavy (non-hydrogen) atoms. The lowest BCUT2D eigenvalue weighted by atomic mass is 10.1. The third-order valence-electron chi connectivity index (χ3n) is 3.16. The van der Waals surface area contributed by atoms with Crippen molar-refractivity contribution in [1.82, 2.24) is 4.98 Å². The summed E-state index contributed by atoms with van der Waals surface area (Å²) >= 11 is 1.51. The predicted molar refractivity (Wildman–Crippen MR) is 93.9 cm³/mol. The second-order valence-corrected chi connectivity index (χ2v) is 5.75. The van der Waals surface area contributed by atoms with Crippen LogP contribution in [0.1, 0.15) is 10.6 Å². The molecule has 3 aromatic rings. The lowest BCUT2D eigenvalue weighted by Gasteiger charge is -2.02. The van der Waals surface area contributed by atoms with Crippen molar-refractivity contribution in [1.29, 1.82) is 5.26 Å². The molecule has 3 rings (SSSR count). The molecular formula is C19H12N2OS. The molecule has 0 aliphatic rings. The summed E-state index contributed by atoms with van der Waals surface area (Å²) in [5, 5.41) is 10.2. The summed E-state index contributed by atoms with van der Waals surface area (Å²) in [4.78, 5) is 4.52. The molecule has 0 radical (unpaired) electrons. The highest BCUT2D eigenvalue weighted by molar-refractivity contribution is 7.19. The molecule has 0 aliphatic heterocycles. The molecule has 0 spiro atoms. The van der Waals surface area contributed by atoms with Crippen molar-refractivity contribution in [2.24, 2.45) is 0 Å². The fourth-order valence-electron chi connectivity index (χ4n) is 2.08. The number of hydrogen-bond acceptors (Lipinski definition) is 4. The number of para-hydroxylation sites is 1. The lowest BCUT2D eigenvalue weighted by Crippen LogP contribution is -1.92. The zero-order chi connectivity index (χ0) is 16.1. The number of benzene rings is 2. The number of ether oxygens (including phenoxy) is 1. The van der Waals surface area contributed by atoms with Gasteiger partial charge in [-0.3, -0.25) is 0 Å². The Balaban J connectivity index is 1.89. The Morgan fingerprint density at radius 1 is 1.22 bits per heavy atom. The fraction of sp³-hybridized carbons (Fsp3) is 0.0526. The van der Waals surface area contributed by atoms with E-state index >= 15 is 0 Å². The average Bonchev–Trinajstić information content (AvgIpc) is 3.02. The monoisotopic (exact) mass is 316 g/mol. The maximum Gasteiger partial charge on any atom is 0.148 e. The van der Waals surface area contributed by atoms with Crippen LogP contribution in [0.25, 0.3) is 21.9 Å². The van der Waals surface area contributed by atoms with E-state index in [0.29, 0.717) is 11.3 Å². The van der Waals surface area contributed by atoms with Crippen LogP contribution in [0.4, 0.5) is 0 Å². The van der Waals surface area contributed by atoms with Gasteiger partial charge in [-0.25, -0.2) is 4.98 Å². The highest BCUT2D eigenvalue weighted by Crippen LogP contribution is 2.28. The van der Waals surface area contributed by atoms with Crippen LogP contribution in [0.2, 0.25) is 0 Å². The van der Waals surface area contributed by atoms with Crippen LogP contribution in [0.3, 0.4) is 0 Å². The van der Waals surface area contributed by atoms with E-state index in [4.69, 9.17) is 11.2 Å². The van der Waals surface area contributed by atoms with E-state index in [1.807, 2.05) is 54.6 Å². The van der Waals surface area contributed by atoms with Crippen LogP contribution in [0, 0.1) is 23.7 Å². The van der Waals surface area contributed by atoms with Gasteiger partial charge in [0.1, 0.15) is 23.4 Å². The Bertz CT molecular complexity index is 907. The number of aromatic nitrogens is 1. The Kier molecular flexibility index (Phi) is 4.38. The minimum absolute atomic E-state index is 0.240. The molecule has 0 atom stereocenters. The lowest BCUT2D eigenvalue weighted by molar-refractivity contribution is 0.370. The number of rotatable bonds is 4. The summed E-state index contributed by atoms with van der Waals surface area (Å²) in [6, 6.07) is 17.5. The van der Waals surface area contributed by atoms with E-state index in [1.165, 1.54) is 11.3 Å². The van der Waals surface area contributed by atoms with E-state index in [1.54, 1.807) is 0 Å². The molecule has 110 valence electrons. The summed E-state index contributed by atoms with van der Waals surface area (Å²) in [7, 11) is 0. The zero-order valence-corrected chi connectivity index (χ0v) is 13.0. The van der Waals surface area contributed by atoms with Crippen LogP contribution < -0.4 is 4.74 Å². The Labute approximate surface area is 138 Å². The third kappa shape index (κ3) is 3.40. The van der Waals surface area contributed by atoms with Gasteiger partial charge >= 0.3 is 0 Å². The van der Waals surface area contributed by atoms with Crippen LogP contribution in [-0.2, 0) is 0 Å². The van der Waals surface area contributed by atoms with Gasteiger partial charge in [-0.1, -0.05) is 30.2 Å². The highest BCUT2D eigenvalue weighted by atomic mass is 32.1. The molecule has 0 amide bonds. The van der Waals surface area contributed by atoms with Gasteiger partial charge in [-0.2, -0.15) is 5.26 Å². The number of fused-ring (bicyclic) bond motifs is 1. The van der Waals surface area contributed by atoms with Gasteiger partial charge in [-0.15, -0.1) is 17.8 Å². The Morgan fingerprint density at radius 3 is 2.70 bits per heavy atom. The van der Waals surface area contributed by atoms with E-state index in [0.717, 1.165) is 20.8 Å². The molecule has 2 aromatic carbocycles. The third-order valence-corrected chi connectivity index (χ3v) is 4.23. The number of nitrogens with zero attached hydrogens (tertiary/aromatic N) is 2. The summed E-state index contributed by atoms with van der Waals surface area (Å²) in [5.74, 6) is 3.13. The van der Waals surface area contributed by atoms with Gasteiger partial charge in [0, 0.05) is 0 Å². The first kappa shape index (κ1) is 14.8. The minimum atomic E-state index is 0.240. The van der Waals surface area contributed by atoms with Gasteiger partial charge in [0.15, 0.2) is 0 Å². The van der Waals surface area contributed by atoms with Crippen molar-refractivity contribution in [3.05, 3.63) is 59.1 Å². The maximum absolute atomic E-state index is 9.44. The molecule has 3 nitrogen and oxygen atoms in total. The smallest absolute Gasteiger partial charge is 0.148 e. The number of allylic oxidation sites excluding steroid dienone is 1. The second kappa shape index (κ2) is 6.79.